The van der Waals surface area contributed by atoms with Gasteiger partial charge in [-0.1, -0.05) is 11.6 Å². The van der Waals surface area contributed by atoms with Crippen LogP contribution in [0.15, 0.2) is 42.6 Å². The summed E-state index contributed by atoms with van der Waals surface area (Å²) in [6, 6.07) is 8.60. The normalized spacial score (nSPS) is 10.5. The summed E-state index contributed by atoms with van der Waals surface area (Å²) in [4.78, 5) is 34.5. The second kappa shape index (κ2) is 8.21. The number of nitrogens with zero attached hydrogens (tertiary/aromatic N) is 3. The molecule has 0 saturated carbocycles. The lowest BCUT2D eigenvalue weighted by Crippen LogP contribution is -2.17. The molecule has 0 aliphatic rings. The Hall–Kier alpha value is -3.92. The zero-order valence-electron chi connectivity index (χ0n) is 15.7. The molecule has 0 unspecified atom stereocenters. The number of carboxylic acid groups (broad SMARTS) is 1. The number of amides is 1. The van der Waals surface area contributed by atoms with Crippen LogP contribution in [0.3, 0.4) is 0 Å². The number of benzene rings is 2. The molecule has 3 rings (SSSR count). The number of aromatic nitrogens is 2. The quantitative estimate of drug-likeness (QED) is 0.444. The maximum Gasteiger partial charge on any atom is 0.354 e. The molecular formula is C19H15ClN4O6. The van der Waals surface area contributed by atoms with Crippen LogP contribution in [-0.2, 0) is 7.05 Å². The van der Waals surface area contributed by atoms with Crippen molar-refractivity contribution < 1.29 is 24.4 Å². The number of aromatic carboxylic acids is 1. The molecule has 0 radical (unpaired) electrons. The fourth-order valence-electron chi connectivity index (χ4n) is 2.69. The van der Waals surface area contributed by atoms with Gasteiger partial charge in [0.2, 0.25) is 0 Å². The number of rotatable bonds is 6. The Morgan fingerprint density at radius 3 is 2.60 bits per heavy atom. The van der Waals surface area contributed by atoms with Gasteiger partial charge >= 0.3 is 5.97 Å². The predicted molar refractivity (Wildman–Crippen MR) is 107 cm³/mol. The molecule has 2 aromatic carbocycles. The highest BCUT2D eigenvalue weighted by molar-refractivity contribution is 6.31. The molecule has 1 aromatic heterocycles. The highest BCUT2D eigenvalue weighted by Gasteiger charge is 2.22. The van der Waals surface area contributed by atoms with Gasteiger partial charge in [-0.05, 0) is 30.7 Å². The van der Waals surface area contributed by atoms with Gasteiger partial charge in [-0.25, -0.2) is 4.79 Å². The first-order valence-electron chi connectivity index (χ1n) is 8.46. The van der Waals surface area contributed by atoms with Gasteiger partial charge < -0.3 is 15.2 Å². The van der Waals surface area contributed by atoms with Crippen LogP contribution in [0.2, 0.25) is 5.02 Å². The Bertz CT molecular complexity index is 1170. The zero-order chi connectivity index (χ0) is 22.0. The fraction of sp³-hybridized carbons (Fsp3) is 0.105. The first-order chi connectivity index (χ1) is 14.2. The van der Waals surface area contributed by atoms with Gasteiger partial charge in [0.25, 0.3) is 11.6 Å². The summed E-state index contributed by atoms with van der Waals surface area (Å²) in [7, 11) is 1.38. The minimum absolute atomic E-state index is 0.0510. The number of ether oxygens (including phenoxy) is 1. The van der Waals surface area contributed by atoms with Crippen LogP contribution in [0.4, 0.5) is 11.4 Å². The Balaban J connectivity index is 1.93. The van der Waals surface area contributed by atoms with Crippen LogP contribution < -0.4 is 10.1 Å². The monoisotopic (exact) mass is 430 g/mol. The molecular weight excluding hydrogens is 416 g/mol. The molecule has 10 nitrogen and oxygen atoms in total. The first kappa shape index (κ1) is 20.8. The van der Waals surface area contributed by atoms with Crippen molar-refractivity contribution in [2.24, 2.45) is 7.05 Å². The molecule has 3 aromatic rings. The molecule has 30 heavy (non-hydrogen) atoms. The van der Waals surface area contributed by atoms with Crippen LogP contribution in [-0.4, -0.2) is 31.7 Å². The van der Waals surface area contributed by atoms with Crippen LogP contribution >= 0.6 is 11.6 Å². The second-order valence-electron chi connectivity index (χ2n) is 6.28. The smallest absolute Gasteiger partial charge is 0.354 e. The van der Waals surface area contributed by atoms with Crippen LogP contribution in [0.1, 0.15) is 26.4 Å². The Morgan fingerprint density at radius 1 is 1.23 bits per heavy atom. The number of aryl methyl sites for hydroxylation is 2. The van der Waals surface area contributed by atoms with E-state index in [4.69, 9.17) is 16.3 Å². The largest absolute Gasteiger partial charge is 0.477 e. The number of nitro groups is 1. The minimum Gasteiger partial charge on any atom is -0.477 e. The van der Waals surface area contributed by atoms with E-state index in [9.17, 15) is 24.8 Å². The van der Waals surface area contributed by atoms with Crippen molar-refractivity contribution in [1.29, 1.82) is 0 Å². The molecule has 11 heteroatoms. The Labute approximate surface area is 174 Å². The molecule has 0 bridgehead atoms. The van der Waals surface area contributed by atoms with Gasteiger partial charge in [0.1, 0.15) is 11.5 Å². The highest BCUT2D eigenvalue weighted by atomic mass is 35.5. The van der Waals surface area contributed by atoms with Crippen molar-refractivity contribution in [2.75, 3.05) is 5.32 Å². The van der Waals surface area contributed by atoms with Gasteiger partial charge in [0.15, 0.2) is 5.69 Å². The third kappa shape index (κ3) is 4.39. The first-order valence-corrected chi connectivity index (χ1v) is 8.83. The third-order valence-electron chi connectivity index (χ3n) is 4.11. The standard InChI is InChI=1S/C19H15ClN4O6/c1-10-5-13(3-4-16(10)20)30-14-7-11(6-12(8-14)24(28)29)22-18(25)15-9-21-23(2)17(15)19(26)27/h3-9H,1-2H3,(H,22,25)(H,26,27). The molecule has 0 aliphatic heterocycles. The van der Waals surface area contributed by atoms with Crippen molar-refractivity contribution in [1.82, 2.24) is 9.78 Å². The number of non-ortho nitro benzene ring substituents is 1. The molecule has 2 N–H and O–H groups in total. The molecule has 0 fully saturated rings. The summed E-state index contributed by atoms with van der Waals surface area (Å²) < 4.78 is 6.72. The van der Waals surface area contributed by atoms with Gasteiger partial charge in [0.05, 0.1) is 28.4 Å². The van der Waals surface area contributed by atoms with Gasteiger partial charge in [0, 0.05) is 24.2 Å². The number of halogens is 1. The molecule has 154 valence electrons. The lowest BCUT2D eigenvalue weighted by Gasteiger charge is -2.10. The summed E-state index contributed by atoms with van der Waals surface area (Å²) >= 11 is 5.99. The number of nitro benzene ring substituents is 1. The van der Waals surface area contributed by atoms with Crippen molar-refractivity contribution >= 4 is 34.9 Å². The Kier molecular flexibility index (Phi) is 5.70. The molecule has 1 heterocycles. The predicted octanol–water partition coefficient (Wildman–Crippen LogP) is 4.03. The summed E-state index contributed by atoms with van der Waals surface area (Å²) in [6.07, 6.45) is 1.10. The van der Waals surface area contributed by atoms with E-state index in [0.717, 1.165) is 22.5 Å². The van der Waals surface area contributed by atoms with Crippen LogP contribution in [0, 0.1) is 17.0 Å². The molecule has 1 amide bonds. The van der Waals surface area contributed by atoms with Crippen molar-refractivity contribution in [3.8, 4) is 11.5 Å². The molecule has 0 atom stereocenters. The SMILES string of the molecule is Cc1cc(Oc2cc(NC(=O)c3cnn(C)c3C(=O)O)cc([N+](=O)[O-])c2)ccc1Cl. The number of carbonyl (C=O) groups is 2. The average molecular weight is 431 g/mol. The second-order valence-corrected chi connectivity index (χ2v) is 6.68. The Morgan fingerprint density at radius 2 is 1.97 bits per heavy atom. The minimum atomic E-state index is -1.33. The van der Waals surface area contributed by atoms with Gasteiger partial charge in [-0.15, -0.1) is 0 Å². The summed E-state index contributed by atoms with van der Waals surface area (Å²) in [5.74, 6) is -1.61. The van der Waals surface area contributed by atoms with E-state index >= 15 is 0 Å². The van der Waals surface area contributed by atoms with Gasteiger partial charge in [-0.2, -0.15) is 5.10 Å². The van der Waals surface area contributed by atoms with Crippen molar-refractivity contribution in [2.45, 2.75) is 6.92 Å². The topological polar surface area (TPSA) is 137 Å². The third-order valence-corrected chi connectivity index (χ3v) is 4.54. The van der Waals surface area contributed by atoms with Crippen LogP contribution in [0.25, 0.3) is 0 Å². The van der Waals surface area contributed by atoms with Crippen LogP contribution in [0.5, 0.6) is 11.5 Å². The van der Waals surface area contributed by atoms with E-state index in [2.05, 4.69) is 10.4 Å². The van der Waals surface area contributed by atoms with E-state index < -0.39 is 16.8 Å². The summed E-state index contributed by atoms with van der Waals surface area (Å²) in [5.41, 5.74) is -0.0162. The lowest BCUT2D eigenvalue weighted by atomic mass is 10.2. The van der Waals surface area contributed by atoms with E-state index in [1.165, 1.54) is 19.2 Å². The molecule has 0 spiro atoms. The number of nitrogens with one attached hydrogen (secondary N) is 1. The van der Waals surface area contributed by atoms with Crippen molar-refractivity contribution in [3.63, 3.8) is 0 Å². The summed E-state index contributed by atoms with van der Waals surface area (Å²) in [5, 5.41) is 27.3. The number of hydrogen-bond donors (Lipinski definition) is 2. The average Bonchev–Trinajstić information content (AvgIpc) is 3.06. The fourth-order valence-corrected chi connectivity index (χ4v) is 2.81. The van der Waals surface area contributed by atoms with E-state index in [1.807, 2.05) is 0 Å². The highest BCUT2D eigenvalue weighted by Crippen LogP contribution is 2.31. The van der Waals surface area contributed by atoms with E-state index in [1.54, 1.807) is 25.1 Å². The maximum absolute atomic E-state index is 12.5. The number of hydrogen-bond acceptors (Lipinski definition) is 6. The number of anilines is 1. The maximum atomic E-state index is 12.5. The molecule has 0 aliphatic carbocycles. The van der Waals surface area contributed by atoms with Gasteiger partial charge in [-0.3, -0.25) is 19.6 Å². The zero-order valence-corrected chi connectivity index (χ0v) is 16.5. The van der Waals surface area contributed by atoms with Crippen molar-refractivity contribution in [3.05, 3.63) is 74.6 Å². The lowest BCUT2D eigenvalue weighted by molar-refractivity contribution is -0.384. The number of carbonyl (C=O) groups excluding carboxylic acids is 1. The number of carboxylic acids is 1. The van der Waals surface area contributed by atoms with E-state index in [0.29, 0.717) is 10.8 Å². The molecule has 0 saturated heterocycles. The summed E-state index contributed by atoms with van der Waals surface area (Å²) in [6.45, 7) is 1.78. The van der Waals surface area contributed by atoms with E-state index in [-0.39, 0.29) is 28.4 Å².